The number of nitrogens with two attached hydrogens (primary N) is 1. The van der Waals surface area contributed by atoms with Gasteiger partial charge in [0.2, 0.25) is 0 Å². The molecule has 1 fully saturated rings. The summed E-state index contributed by atoms with van der Waals surface area (Å²) >= 11 is 0. The number of benzene rings is 1. The van der Waals surface area contributed by atoms with Crippen LogP contribution in [0.4, 0.5) is 14.9 Å². The molecule has 10 nitrogen and oxygen atoms in total. The van der Waals surface area contributed by atoms with Gasteiger partial charge in [-0.25, -0.2) is 17.6 Å². The molecule has 1 aliphatic heterocycles. The Morgan fingerprint density at radius 3 is 2.48 bits per heavy atom. The number of alkyl carbamates (subject to hydrolysis) is 1. The molecule has 242 valence electrons. The molecule has 0 spiro atoms. The van der Waals surface area contributed by atoms with Crippen molar-refractivity contribution in [2.75, 3.05) is 37.2 Å². The summed E-state index contributed by atoms with van der Waals surface area (Å²) in [5, 5.41) is 6.18. The number of carbonyl (C=O) groups excluding carboxylic acids is 2. The van der Waals surface area contributed by atoms with Gasteiger partial charge in [-0.15, -0.1) is 0 Å². The topological polar surface area (TPSA) is 136 Å². The summed E-state index contributed by atoms with van der Waals surface area (Å²) in [7, 11) is -3.50. The minimum atomic E-state index is -3.50. The van der Waals surface area contributed by atoms with Gasteiger partial charge in [0, 0.05) is 30.5 Å². The molecule has 1 aromatic carbocycles. The molecule has 1 aromatic heterocycles. The highest BCUT2D eigenvalue weighted by Gasteiger charge is 2.42. The number of sulfone groups is 1. The number of likely N-dealkylation sites (N-methyl/N-ethyl adjacent to an activating group) is 1. The number of primary amides is 1. The van der Waals surface area contributed by atoms with Crippen LogP contribution < -0.4 is 16.4 Å². The van der Waals surface area contributed by atoms with E-state index in [4.69, 9.17) is 10.5 Å². The van der Waals surface area contributed by atoms with Crippen LogP contribution in [0.1, 0.15) is 87.1 Å². The predicted octanol–water partition coefficient (Wildman–Crippen LogP) is 4.35. The van der Waals surface area contributed by atoms with Crippen LogP contribution in [0.15, 0.2) is 17.0 Å². The SMILES string of the molecule is CCN(CC)CCNC(=O)OC1CCC(Nc2cc(-n3c4c(c5c3CC(C)(C)CS5(=O)=O)CCC4)cc(F)c2C(N)=O)CC1. The van der Waals surface area contributed by atoms with E-state index < -0.39 is 33.1 Å². The monoisotopic (exact) mass is 631 g/mol. The fourth-order valence-corrected chi connectivity index (χ4v) is 9.66. The summed E-state index contributed by atoms with van der Waals surface area (Å²) in [5.74, 6) is -1.54. The Morgan fingerprint density at radius 1 is 1.11 bits per heavy atom. The number of amides is 2. The van der Waals surface area contributed by atoms with Gasteiger partial charge in [-0.1, -0.05) is 27.7 Å². The lowest BCUT2D eigenvalue weighted by Crippen LogP contribution is -2.38. The molecule has 1 saturated carbocycles. The summed E-state index contributed by atoms with van der Waals surface area (Å²) in [6.45, 7) is 11.2. The van der Waals surface area contributed by atoms with Crippen LogP contribution in [0.2, 0.25) is 0 Å². The Balaban J connectivity index is 1.34. The number of carbonyl (C=O) groups is 2. The Hall–Kier alpha value is -3.12. The first kappa shape index (κ1) is 32.3. The zero-order chi connectivity index (χ0) is 31.8. The largest absolute Gasteiger partial charge is 0.446 e. The number of hydrogen-bond donors (Lipinski definition) is 3. The van der Waals surface area contributed by atoms with E-state index in [0.29, 0.717) is 67.8 Å². The van der Waals surface area contributed by atoms with Gasteiger partial charge >= 0.3 is 6.09 Å². The summed E-state index contributed by atoms with van der Waals surface area (Å²) in [6.07, 6.45) is 4.68. The minimum absolute atomic E-state index is 0.0790. The minimum Gasteiger partial charge on any atom is -0.446 e. The summed E-state index contributed by atoms with van der Waals surface area (Å²) in [5.41, 5.74) is 8.18. The third kappa shape index (κ3) is 6.61. The van der Waals surface area contributed by atoms with E-state index in [1.165, 1.54) is 6.07 Å². The van der Waals surface area contributed by atoms with E-state index in [1.54, 1.807) is 6.07 Å². The molecule has 0 unspecified atom stereocenters. The highest BCUT2D eigenvalue weighted by Crippen LogP contribution is 2.45. The normalized spacial score (nSPS) is 21.9. The maximum atomic E-state index is 15.7. The van der Waals surface area contributed by atoms with Crippen molar-refractivity contribution in [3.63, 3.8) is 0 Å². The first-order valence-corrected chi connectivity index (χ1v) is 17.5. The van der Waals surface area contributed by atoms with Gasteiger partial charge in [0.15, 0.2) is 9.84 Å². The quantitative estimate of drug-likeness (QED) is 0.355. The number of fused-ring (bicyclic) bond motifs is 3. The van der Waals surface area contributed by atoms with Crippen LogP contribution >= 0.6 is 0 Å². The highest BCUT2D eigenvalue weighted by molar-refractivity contribution is 7.91. The number of anilines is 1. The Bertz CT molecular complexity index is 1520. The Morgan fingerprint density at radius 2 is 1.82 bits per heavy atom. The molecule has 4 N–H and O–H groups in total. The zero-order valence-corrected chi connectivity index (χ0v) is 27.1. The van der Waals surface area contributed by atoms with E-state index in [-0.39, 0.29) is 29.1 Å². The zero-order valence-electron chi connectivity index (χ0n) is 26.3. The third-order valence-corrected chi connectivity index (χ3v) is 11.5. The molecule has 0 bridgehead atoms. The molecule has 44 heavy (non-hydrogen) atoms. The first-order valence-electron chi connectivity index (χ1n) is 15.9. The number of aromatic nitrogens is 1. The fraction of sp³-hybridized carbons (Fsp3) is 0.625. The van der Waals surface area contributed by atoms with Crippen molar-refractivity contribution in [1.29, 1.82) is 0 Å². The lowest BCUT2D eigenvalue weighted by molar-refractivity contribution is 0.0726. The Kier molecular flexibility index (Phi) is 9.32. The maximum absolute atomic E-state index is 15.7. The van der Waals surface area contributed by atoms with Gasteiger partial charge in [0.1, 0.15) is 11.9 Å². The molecule has 12 heteroatoms. The van der Waals surface area contributed by atoms with Crippen molar-refractivity contribution < 1.29 is 27.1 Å². The molecule has 0 saturated heterocycles. The molecular formula is C32H46FN5O5S. The standard InChI is InChI=1S/C32H46FN5O5S/c1-5-37(6-2)15-14-35-31(40)43-22-12-10-20(11-13-22)36-25-17-21(16-24(33)28(25)30(34)39)38-26-9-7-8-23(26)29-27(38)18-32(3,4)19-44(29,41)42/h16-17,20,22,36H,5-15,18-19H2,1-4H3,(H2,34,39)(H,35,40). The van der Waals surface area contributed by atoms with Crippen molar-refractivity contribution in [1.82, 2.24) is 14.8 Å². The molecule has 5 rings (SSSR count). The van der Waals surface area contributed by atoms with Crippen LogP contribution in [-0.2, 0) is 33.8 Å². The summed E-state index contributed by atoms with van der Waals surface area (Å²) in [4.78, 5) is 27.3. The van der Waals surface area contributed by atoms with Gasteiger partial charge in [-0.05, 0) is 87.6 Å². The van der Waals surface area contributed by atoms with E-state index in [2.05, 4.69) is 29.4 Å². The van der Waals surface area contributed by atoms with Gasteiger partial charge in [-0.3, -0.25) is 4.79 Å². The fourth-order valence-electron chi connectivity index (χ4n) is 7.27. The maximum Gasteiger partial charge on any atom is 0.407 e. The van der Waals surface area contributed by atoms with Crippen LogP contribution in [0, 0.1) is 11.2 Å². The van der Waals surface area contributed by atoms with Crippen molar-refractivity contribution >= 4 is 27.5 Å². The van der Waals surface area contributed by atoms with Crippen molar-refractivity contribution in [3.05, 3.63) is 40.5 Å². The number of rotatable bonds is 10. The van der Waals surface area contributed by atoms with Gasteiger partial charge in [-0.2, -0.15) is 0 Å². The number of hydrogen-bond acceptors (Lipinski definition) is 7. The van der Waals surface area contributed by atoms with E-state index in [0.717, 1.165) is 37.3 Å². The van der Waals surface area contributed by atoms with Gasteiger partial charge in [0.05, 0.1) is 27.6 Å². The molecular weight excluding hydrogens is 585 g/mol. The van der Waals surface area contributed by atoms with Crippen LogP contribution in [0.5, 0.6) is 0 Å². The summed E-state index contributed by atoms with van der Waals surface area (Å²) < 4.78 is 50.1. The van der Waals surface area contributed by atoms with Crippen LogP contribution in [0.3, 0.4) is 0 Å². The Labute approximate surface area is 259 Å². The molecule has 2 heterocycles. The number of halogens is 1. The summed E-state index contributed by atoms with van der Waals surface area (Å²) in [6, 6.07) is 2.93. The van der Waals surface area contributed by atoms with E-state index >= 15 is 4.39 Å². The van der Waals surface area contributed by atoms with Crippen LogP contribution in [-0.4, -0.2) is 74.0 Å². The first-order chi connectivity index (χ1) is 20.8. The van der Waals surface area contributed by atoms with Crippen LogP contribution in [0.25, 0.3) is 5.69 Å². The molecule has 0 radical (unpaired) electrons. The highest BCUT2D eigenvalue weighted by atomic mass is 32.2. The number of nitrogens with zero attached hydrogens (tertiary/aromatic N) is 2. The second kappa shape index (κ2) is 12.7. The molecule has 2 aliphatic carbocycles. The average molecular weight is 632 g/mol. The number of nitrogens with one attached hydrogen (secondary N) is 2. The van der Waals surface area contributed by atoms with Crippen molar-refractivity contribution in [2.45, 2.75) is 96.1 Å². The smallest absolute Gasteiger partial charge is 0.407 e. The van der Waals surface area contributed by atoms with Gasteiger partial charge in [0.25, 0.3) is 5.91 Å². The van der Waals surface area contributed by atoms with Crippen molar-refractivity contribution in [3.8, 4) is 5.69 Å². The lowest BCUT2D eigenvalue weighted by atomic mass is 9.89. The van der Waals surface area contributed by atoms with E-state index in [1.807, 2.05) is 18.4 Å². The van der Waals surface area contributed by atoms with E-state index in [9.17, 15) is 18.0 Å². The second-order valence-corrected chi connectivity index (χ2v) is 15.1. The van der Waals surface area contributed by atoms with Crippen molar-refractivity contribution in [2.24, 2.45) is 11.1 Å². The van der Waals surface area contributed by atoms with Gasteiger partial charge < -0.3 is 30.6 Å². The third-order valence-electron chi connectivity index (χ3n) is 9.28. The molecule has 2 amide bonds. The second-order valence-electron chi connectivity index (χ2n) is 13.2. The molecule has 2 aromatic rings. The number of ether oxygens (including phenoxy) is 1. The molecule has 0 atom stereocenters. The predicted molar refractivity (Wildman–Crippen MR) is 168 cm³/mol. The molecule has 3 aliphatic rings. The lowest BCUT2D eigenvalue weighted by Gasteiger charge is -2.31. The average Bonchev–Trinajstić information content (AvgIpc) is 3.50.